The van der Waals surface area contributed by atoms with E-state index in [1.807, 2.05) is 0 Å². The van der Waals surface area contributed by atoms with Gasteiger partial charge in [0.05, 0.1) is 34.9 Å². The minimum Gasteiger partial charge on any atom is -0.426 e. The molecule has 0 aromatic carbocycles. The van der Waals surface area contributed by atoms with Crippen LogP contribution in [0.1, 0.15) is 6.92 Å². The van der Waals surface area contributed by atoms with E-state index in [1.54, 1.807) is 29.0 Å². The molecule has 0 heterocycles. The molecule has 0 bridgehead atoms. The van der Waals surface area contributed by atoms with Gasteiger partial charge in [-0.15, -0.1) is 0 Å². The molecule has 5 heteroatoms. The van der Waals surface area contributed by atoms with E-state index in [2.05, 4.69) is 11.1 Å². The van der Waals surface area contributed by atoms with Crippen LogP contribution in [0, 0.1) is 0 Å². The lowest BCUT2D eigenvalue weighted by Crippen LogP contribution is -1.82. The molecule has 0 spiro atoms. The van der Waals surface area contributed by atoms with Crippen LogP contribution in [-0.4, -0.2) is 6.61 Å². The summed E-state index contributed by atoms with van der Waals surface area (Å²) in [6.07, 6.45) is 1.11. The second-order valence-electron chi connectivity index (χ2n) is 1.12. The standard InChI is InChI=1S/C4H8IO3P/c1-3-7-9(5,6)8-4-2/h3H,1,4H2,2H3. The molecule has 3 nitrogen and oxygen atoms in total. The number of hydrogen-bond acceptors (Lipinski definition) is 3. The van der Waals surface area contributed by atoms with E-state index in [0.29, 0.717) is 6.61 Å². The van der Waals surface area contributed by atoms with Gasteiger partial charge < -0.3 is 4.52 Å². The minimum atomic E-state index is -2.84. The Morgan fingerprint density at radius 1 is 1.89 bits per heavy atom. The number of halogens is 1. The van der Waals surface area contributed by atoms with Gasteiger partial charge in [0, 0.05) is 0 Å². The molecular formula is C4H8IO3P. The van der Waals surface area contributed by atoms with Crippen molar-refractivity contribution < 1.29 is 13.6 Å². The third-order valence-electron chi connectivity index (χ3n) is 0.484. The fourth-order valence-electron chi connectivity index (χ4n) is 0.274. The van der Waals surface area contributed by atoms with Crippen molar-refractivity contribution in [2.75, 3.05) is 6.61 Å². The lowest BCUT2D eigenvalue weighted by molar-refractivity contribution is 0.283. The Labute approximate surface area is 67.4 Å². The summed E-state index contributed by atoms with van der Waals surface area (Å²) in [5.41, 5.74) is 0. The summed E-state index contributed by atoms with van der Waals surface area (Å²) in [7, 11) is 0. The van der Waals surface area contributed by atoms with Crippen molar-refractivity contribution >= 4 is 27.3 Å². The van der Waals surface area contributed by atoms with E-state index in [4.69, 9.17) is 4.52 Å². The van der Waals surface area contributed by atoms with E-state index < -0.39 is 5.24 Å². The van der Waals surface area contributed by atoms with Crippen molar-refractivity contribution in [2.24, 2.45) is 0 Å². The highest BCUT2D eigenvalue weighted by Crippen LogP contribution is 2.56. The maximum Gasteiger partial charge on any atom is 0.438 e. The van der Waals surface area contributed by atoms with Crippen LogP contribution in [0.5, 0.6) is 0 Å². The molecule has 0 aromatic rings. The van der Waals surface area contributed by atoms with Gasteiger partial charge in [-0.1, -0.05) is 6.58 Å². The highest BCUT2D eigenvalue weighted by Gasteiger charge is 2.16. The summed E-state index contributed by atoms with van der Waals surface area (Å²) in [5.74, 6) is 0. The molecule has 0 saturated heterocycles. The minimum absolute atomic E-state index is 0.383. The summed E-state index contributed by atoms with van der Waals surface area (Å²) in [4.78, 5) is 0. The van der Waals surface area contributed by atoms with Crippen molar-refractivity contribution in [2.45, 2.75) is 6.92 Å². The molecule has 1 atom stereocenters. The zero-order chi connectivity index (χ0) is 7.33. The monoisotopic (exact) mass is 262 g/mol. The first-order chi connectivity index (χ1) is 4.12. The van der Waals surface area contributed by atoms with Crippen molar-refractivity contribution in [3.63, 3.8) is 0 Å². The van der Waals surface area contributed by atoms with Crippen molar-refractivity contribution in [3.8, 4) is 0 Å². The average molecular weight is 262 g/mol. The quantitative estimate of drug-likeness (QED) is 0.444. The predicted molar refractivity (Wildman–Crippen MR) is 44.5 cm³/mol. The first-order valence-corrected chi connectivity index (χ1v) is 6.68. The Balaban J connectivity index is 3.71. The number of rotatable bonds is 4. The summed E-state index contributed by atoms with van der Waals surface area (Å²) in [6, 6.07) is 0. The Kier molecular flexibility index (Phi) is 4.52. The van der Waals surface area contributed by atoms with E-state index >= 15 is 0 Å². The third kappa shape index (κ3) is 4.93. The Bertz CT molecular complexity index is 136. The van der Waals surface area contributed by atoms with Crippen LogP contribution in [0.3, 0.4) is 0 Å². The molecule has 0 radical (unpaired) electrons. The van der Waals surface area contributed by atoms with Gasteiger partial charge in [0.15, 0.2) is 0 Å². The van der Waals surface area contributed by atoms with Gasteiger partial charge in [-0.2, -0.15) is 0 Å². The molecule has 0 fully saturated rings. The molecule has 1 unspecified atom stereocenters. The van der Waals surface area contributed by atoms with Gasteiger partial charge in [0.25, 0.3) is 0 Å². The van der Waals surface area contributed by atoms with Gasteiger partial charge >= 0.3 is 5.24 Å². The molecule has 0 N–H and O–H groups in total. The molecule has 0 amide bonds. The van der Waals surface area contributed by atoms with Crippen molar-refractivity contribution in [1.29, 1.82) is 0 Å². The lowest BCUT2D eigenvalue weighted by Gasteiger charge is -2.06. The maximum absolute atomic E-state index is 10.9. The Morgan fingerprint density at radius 2 is 2.44 bits per heavy atom. The van der Waals surface area contributed by atoms with Gasteiger partial charge in [-0.3, -0.25) is 4.52 Å². The molecule has 0 aromatic heterocycles. The Hall–Kier alpha value is 0.460. The average Bonchev–Trinajstić information content (AvgIpc) is 1.64. The summed E-state index contributed by atoms with van der Waals surface area (Å²) < 4.78 is 20.2. The highest BCUT2D eigenvalue weighted by molar-refractivity contribution is 14.2. The summed E-state index contributed by atoms with van der Waals surface area (Å²) >= 11 is 1.62. The molecule has 9 heavy (non-hydrogen) atoms. The van der Waals surface area contributed by atoms with Gasteiger partial charge in [-0.05, 0) is 6.92 Å². The zero-order valence-corrected chi connectivity index (χ0v) is 8.09. The smallest absolute Gasteiger partial charge is 0.426 e. The second-order valence-corrected chi connectivity index (χ2v) is 6.00. The predicted octanol–water partition coefficient (Wildman–Crippen LogP) is 2.73. The van der Waals surface area contributed by atoms with E-state index in [0.717, 1.165) is 6.26 Å². The van der Waals surface area contributed by atoms with E-state index in [-0.39, 0.29) is 0 Å². The first kappa shape index (κ1) is 9.46. The van der Waals surface area contributed by atoms with Crippen LogP contribution in [0.15, 0.2) is 12.8 Å². The molecule has 0 aliphatic rings. The molecule has 0 aliphatic heterocycles. The van der Waals surface area contributed by atoms with Gasteiger partial charge in [0.2, 0.25) is 0 Å². The molecule has 0 aliphatic carbocycles. The fraction of sp³-hybridized carbons (Fsp3) is 0.500. The van der Waals surface area contributed by atoms with Crippen LogP contribution in [0.25, 0.3) is 0 Å². The van der Waals surface area contributed by atoms with Crippen LogP contribution < -0.4 is 0 Å². The van der Waals surface area contributed by atoms with Gasteiger partial charge in [0.1, 0.15) is 0 Å². The third-order valence-corrected chi connectivity index (χ3v) is 2.97. The van der Waals surface area contributed by atoms with Crippen LogP contribution >= 0.6 is 27.3 Å². The van der Waals surface area contributed by atoms with E-state index in [1.165, 1.54) is 0 Å². The first-order valence-electron chi connectivity index (χ1n) is 2.36. The lowest BCUT2D eigenvalue weighted by atomic mass is 10.9. The van der Waals surface area contributed by atoms with E-state index in [9.17, 15) is 4.57 Å². The summed E-state index contributed by atoms with van der Waals surface area (Å²) in [6.45, 7) is 5.38. The molecule has 0 rings (SSSR count). The second kappa shape index (κ2) is 4.30. The molecule has 54 valence electrons. The van der Waals surface area contributed by atoms with Crippen molar-refractivity contribution in [3.05, 3.63) is 12.8 Å². The Morgan fingerprint density at radius 3 is 2.78 bits per heavy atom. The number of hydrogen-bond donors (Lipinski definition) is 0. The van der Waals surface area contributed by atoms with Crippen molar-refractivity contribution in [1.82, 2.24) is 0 Å². The van der Waals surface area contributed by atoms with Crippen LogP contribution in [-0.2, 0) is 13.6 Å². The van der Waals surface area contributed by atoms with Gasteiger partial charge in [-0.25, -0.2) is 4.57 Å². The largest absolute Gasteiger partial charge is 0.438 e. The zero-order valence-electron chi connectivity index (χ0n) is 5.04. The molecular weight excluding hydrogens is 254 g/mol. The molecule has 0 saturated carbocycles. The maximum atomic E-state index is 10.9. The van der Waals surface area contributed by atoms with Crippen LogP contribution in [0.4, 0.5) is 0 Å². The fourth-order valence-corrected chi connectivity index (χ4v) is 2.14. The normalized spacial score (nSPS) is 16.2. The van der Waals surface area contributed by atoms with Crippen LogP contribution in [0.2, 0.25) is 0 Å². The summed E-state index contributed by atoms with van der Waals surface area (Å²) in [5, 5.41) is -2.84. The highest BCUT2D eigenvalue weighted by atomic mass is 127. The SMILES string of the molecule is C=COP(=O)(I)OCC. The topological polar surface area (TPSA) is 35.5 Å².